The molecule has 3 N–H and O–H groups in total. The molecule has 1 amide bonds. The molecule has 2 aliphatic rings. The predicted octanol–water partition coefficient (Wildman–Crippen LogP) is 3.53. The van der Waals surface area contributed by atoms with Crippen LogP contribution in [0.25, 0.3) is 5.69 Å². The van der Waals surface area contributed by atoms with Crippen molar-refractivity contribution in [1.29, 1.82) is 0 Å². The molecule has 2 atom stereocenters. The molecule has 5 nitrogen and oxygen atoms in total. The summed E-state index contributed by atoms with van der Waals surface area (Å²) in [6, 6.07) is 7.32. The van der Waals surface area contributed by atoms with Crippen LogP contribution in [0.3, 0.4) is 0 Å². The van der Waals surface area contributed by atoms with Gasteiger partial charge in [0.25, 0.3) is 5.91 Å². The third-order valence-electron chi connectivity index (χ3n) is 5.96. The van der Waals surface area contributed by atoms with Crippen molar-refractivity contribution in [2.45, 2.75) is 50.4 Å². The van der Waals surface area contributed by atoms with Crippen molar-refractivity contribution in [2.24, 2.45) is 17.6 Å². The van der Waals surface area contributed by atoms with Crippen LogP contribution < -0.4 is 11.1 Å². The third-order valence-corrected chi connectivity index (χ3v) is 5.96. The summed E-state index contributed by atoms with van der Waals surface area (Å²) in [7, 11) is 0. The topological polar surface area (TPSA) is 72.9 Å². The standard InChI is InChI=1S/C20H23F3N4O/c21-20(22,23)17-7-8-25-27(17)16-6-2-5-14(11-16)19(28)26-18-12-3-1-4-13(18)10-15(24)9-12/h2,5-8,11-13,15,18H,1,3-4,9-10,24H2,(H,26,28). The van der Waals surface area contributed by atoms with E-state index in [4.69, 9.17) is 5.73 Å². The van der Waals surface area contributed by atoms with Crippen LogP contribution in [0, 0.1) is 11.8 Å². The monoisotopic (exact) mass is 392 g/mol. The average Bonchev–Trinajstić information content (AvgIpc) is 3.13. The number of hydrogen-bond acceptors (Lipinski definition) is 3. The lowest BCUT2D eigenvalue weighted by Crippen LogP contribution is -2.53. The van der Waals surface area contributed by atoms with Gasteiger partial charge in [0.2, 0.25) is 0 Å². The smallest absolute Gasteiger partial charge is 0.349 e. The molecule has 2 saturated carbocycles. The second-order valence-electron chi connectivity index (χ2n) is 7.86. The van der Waals surface area contributed by atoms with Crippen LogP contribution in [0.2, 0.25) is 0 Å². The average molecular weight is 392 g/mol. The Morgan fingerprint density at radius 3 is 2.57 bits per heavy atom. The first-order valence-electron chi connectivity index (χ1n) is 9.61. The molecule has 1 aromatic heterocycles. The Labute approximate surface area is 161 Å². The fourth-order valence-electron chi connectivity index (χ4n) is 4.76. The number of nitrogens with two attached hydrogens (primary N) is 1. The summed E-state index contributed by atoms with van der Waals surface area (Å²) in [5, 5.41) is 6.90. The van der Waals surface area contributed by atoms with Gasteiger partial charge >= 0.3 is 6.18 Å². The second kappa shape index (κ2) is 7.24. The molecule has 0 spiro atoms. The van der Waals surface area contributed by atoms with Crippen molar-refractivity contribution < 1.29 is 18.0 Å². The molecule has 28 heavy (non-hydrogen) atoms. The van der Waals surface area contributed by atoms with Gasteiger partial charge in [-0.3, -0.25) is 4.79 Å². The van der Waals surface area contributed by atoms with E-state index in [1.165, 1.54) is 12.1 Å². The number of amides is 1. The summed E-state index contributed by atoms with van der Waals surface area (Å²) >= 11 is 0. The van der Waals surface area contributed by atoms with Crippen LogP contribution >= 0.6 is 0 Å². The maximum absolute atomic E-state index is 13.1. The van der Waals surface area contributed by atoms with Crippen molar-refractivity contribution >= 4 is 5.91 Å². The first-order valence-corrected chi connectivity index (χ1v) is 9.61. The minimum absolute atomic E-state index is 0.0835. The predicted molar refractivity (Wildman–Crippen MR) is 97.9 cm³/mol. The molecular weight excluding hydrogens is 369 g/mol. The molecule has 0 aliphatic heterocycles. The van der Waals surface area contributed by atoms with Crippen molar-refractivity contribution in [3.8, 4) is 5.69 Å². The van der Waals surface area contributed by atoms with Crippen LogP contribution in [0.15, 0.2) is 36.5 Å². The summed E-state index contributed by atoms with van der Waals surface area (Å²) in [4.78, 5) is 12.8. The van der Waals surface area contributed by atoms with Gasteiger partial charge < -0.3 is 11.1 Å². The zero-order valence-corrected chi connectivity index (χ0v) is 15.3. The molecule has 0 saturated heterocycles. The maximum atomic E-state index is 13.1. The molecule has 2 aliphatic carbocycles. The number of halogens is 3. The first-order chi connectivity index (χ1) is 13.3. The zero-order valence-electron chi connectivity index (χ0n) is 15.3. The molecule has 2 bridgehead atoms. The third kappa shape index (κ3) is 3.65. The lowest BCUT2D eigenvalue weighted by atomic mass is 9.67. The van der Waals surface area contributed by atoms with Crippen molar-refractivity contribution in [3.05, 3.63) is 47.8 Å². The molecule has 2 unspecified atom stereocenters. The van der Waals surface area contributed by atoms with E-state index in [9.17, 15) is 18.0 Å². The Morgan fingerprint density at radius 2 is 1.89 bits per heavy atom. The van der Waals surface area contributed by atoms with E-state index >= 15 is 0 Å². The van der Waals surface area contributed by atoms with E-state index < -0.39 is 11.9 Å². The molecular formula is C20H23F3N4O. The summed E-state index contributed by atoms with van der Waals surface area (Å²) in [5.74, 6) is 0.482. The Kier molecular flexibility index (Phi) is 4.91. The van der Waals surface area contributed by atoms with Gasteiger partial charge in [-0.25, -0.2) is 4.68 Å². The van der Waals surface area contributed by atoms with Gasteiger partial charge in [-0.1, -0.05) is 12.5 Å². The molecule has 0 radical (unpaired) electrons. The van der Waals surface area contributed by atoms with Crippen molar-refractivity contribution in [3.63, 3.8) is 0 Å². The molecule has 8 heteroatoms. The van der Waals surface area contributed by atoms with Crippen molar-refractivity contribution in [1.82, 2.24) is 15.1 Å². The number of nitrogens with zero attached hydrogens (tertiary/aromatic N) is 2. The number of aromatic nitrogens is 2. The number of rotatable bonds is 3. The molecule has 4 rings (SSSR count). The van der Waals surface area contributed by atoms with Crippen LogP contribution in [0.5, 0.6) is 0 Å². The Morgan fingerprint density at radius 1 is 1.18 bits per heavy atom. The van der Waals surface area contributed by atoms with Crippen molar-refractivity contribution in [2.75, 3.05) is 0 Å². The van der Waals surface area contributed by atoms with Gasteiger partial charge in [0.05, 0.1) is 11.9 Å². The van der Waals surface area contributed by atoms with E-state index in [1.807, 2.05) is 0 Å². The van der Waals surface area contributed by atoms with Crippen LogP contribution in [-0.2, 0) is 6.18 Å². The number of hydrogen-bond donors (Lipinski definition) is 2. The van der Waals surface area contributed by atoms with Crippen LogP contribution in [0.1, 0.15) is 48.2 Å². The van der Waals surface area contributed by atoms with E-state index in [1.54, 1.807) is 12.1 Å². The van der Waals surface area contributed by atoms with Crippen LogP contribution in [0.4, 0.5) is 13.2 Å². The highest BCUT2D eigenvalue weighted by molar-refractivity contribution is 5.95. The normalized spacial score (nSPS) is 27.4. The molecule has 150 valence electrons. The van der Waals surface area contributed by atoms with Gasteiger partial charge in [0.15, 0.2) is 0 Å². The van der Waals surface area contributed by atoms with E-state index in [2.05, 4.69) is 10.4 Å². The number of carbonyl (C=O) groups excluding carboxylic acids is 1. The molecule has 1 heterocycles. The van der Waals surface area contributed by atoms with Crippen LogP contribution in [-0.4, -0.2) is 27.8 Å². The van der Waals surface area contributed by atoms with E-state index in [0.717, 1.165) is 49.0 Å². The van der Waals surface area contributed by atoms with Gasteiger partial charge in [-0.2, -0.15) is 18.3 Å². The summed E-state index contributed by atoms with van der Waals surface area (Å²) < 4.78 is 40.3. The van der Waals surface area contributed by atoms with Gasteiger partial charge in [0, 0.05) is 17.6 Å². The minimum Gasteiger partial charge on any atom is -0.349 e. The zero-order chi connectivity index (χ0) is 19.9. The SMILES string of the molecule is NC1CC2CCCC(C1)C2NC(=O)c1cccc(-n2nccc2C(F)(F)F)c1. The first kappa shape index (κ1) is 19.0. The number of alkyl halides is 3. The summed E-state index contributed by atoms with van der Waals surface area (Å²) in [6.45, 7) is 0. The maximum Gasteiger partial charge on any atom is 0.433 e. The molecule has 2 aromatic rings. The Hall–Kier alpha value is -2.35. The van der Waals surface area contributed by atoms with Gasteiger partial charge in [0.1, 0.15) is 5.69 Å². The summed E-state index contributed by atoms with van der Waals surface area (Å²) in [6.07, 6.45) is 1.65. The number of benzene rings is 1. The Bertz CT molecular complexity index is 849. The Balaban J connectivity index is 1.55. The fourth-order valence-corrected chi connectivity index (χ4v) is 4.76. The largest absolute Gasteiger partial charge is 0.433 e. The van der Waals surface area contributed by atoms with Gasteiger partial charge in [-0.05, 0) is 61.8 Å². The highest BCUT2D eigenvalue weighted by Gasteiger charge is 2.40. The summed E-state index contributed by atoms with van der Waals surface area (Å²) in [5.41, 5.74) is 5.80. The second-order valence-corrected chi connectivity index (χ2v) is 7.86. The van der Waals surface area contributed by atoms with Gasteiger partial charge in [-0.15, -0.1) is 0 Å². The minimum atomic E-state index is -4.52. The molecule has 1 aromatic carbocycles. The lowest BCUT2D eigenvalue weighted by molar-refractivity contribution is -0.142. The molecule has 2 fully saturated rings. The number of nitrogens with one attached hydrogen (secondary N) is 1. The van der Waals surface area contributed by atoms with E-state index in [-0.39, 0.29) is 23.7 Å². The quantitative estimate of drug-likeness (QED) is 0.839. The fraction of sp³-hybridized carbons (Fsp3) is 0.500. The lowest BCUT2D eigenvalue weighted by Gasteiger charge is -2.45. The highest BCUT2D eigenvalue weighted by atomic mass is 19.4. The number of fused-ring (bicyclic) bond motifs is 2. The number of carbonyl (C=O) groups is 1. The van der Waals surface area contributed by atoms with E-state index in [0.29, 0.717) is 17.4 Å². The highest BCUT2D eigenvalue weighted by Crippen LogP contribution is 2.39.